The van der Waals surface area contributed by atoms with Gasteiger partial charge in [0.1, 0.15) is 0 Å². The lowest BCUT2D eigenvalue weighted by Gasteiger charge is -2.30. The van der Waals surface area contributed by atoms with Gasteiger partial charge in [0.05, 0.1) is 16.6 Å². The molecule has 1 saturated heterocycles. The number of nitrogens with zero attached hydrogens (tertiary/aromatic N) is 2. The Hall–Kier alpha value is -2.08. The van der Waals surface area contributed by atoms with E-state index in [2.05, 4.69) is 0 Å². The van der Waals surface area contributed by atoms with Crippen LogP contribution in [0, 0.1) is 0 Å². The Kier molecular flexibility index (Phi) is 5.51. The van der Waals surface area contributed by atoms with Crippen LogP contribution in [0.15, 0.2) is 42.5 Å². The van der Waals surface area contributed by atoms with E-state index in [1.165, 1.54) is 12.1 Å². The molecule has 1 aliphatic rings. The van der Waals surface area contributed by atoms with Gasteiger partial charge < -0.3 is 0 Å². The highest BCUT2D eigenvalue weighted by Crippen LogP contribution is 2.25. The van der Waals surface area contributed by atoms with Crippen molar-refractivity contribution in [2.45, 2.75) is 19.4 Å². The molecule has 0 radical (unpaired) electrons. The van der Waals surface area contributed by atoms with Gasteiger partial charge in [0.15, 0.2) is 0 Å². The lowest BCUT2D eigenvalue weighted by Crippen LogP contribution is -2.48. The average Bonchev–Trinajstić information content (AvgIpc) is 2.94. The maximum atomic E-state index is 13.0. The number of hydrazine groups is 1. The maximum Gasteiger partial charge on any atom is 0.273 e. The topological polar surface area (TPSA) is 57.7 Å². The molecule has 0 spiro atoms. The molecule has 2 aromatic rings. The van der Waals surface area contributed by atoms with Gasteiger partial charge in [0, 0.05) is 23.4 Å². The molecule has 5 nitrogen and oxygen atoms in total. The van der Waals surface area contributed by atoms with Crippen LogP contribution < -0.4 is 0 Å². The number of halogens is 3. The third kappa shape index (κ3) is 3.85. The van der Waals surface area contributed by atoms with Gasteiger partial charge in [-0.15, -0.1) is 0 Å². The van der Waals surface area contributed by atoms with Gasteiger partial charge in [-0.05, 0) is 42.0 Å². The van der Waals surface area contributed by atoms with Crippen LogP contribution >= 0.6 is 34.8 Å². The molecule has 0 aromatic heterocycles. The molecule has 1 fully saturated rings. The molecular formula is C18H13Cl3N2O3. The van der Waals surface area contributed by atoms with E-state index in [1.54, 1.807) is 30.3 Å². The zero-order chi connectivity index (χ0) is 18.8. The predicted molar refractivity (Wildman–Crippen MR) is 98.9 cm³/mol. The summed E-state index contributed by atoms with van der Waals surface area (Å²) < 4.78 is 0. The van der Waals surface area contributed by atoms with Crippen molar-refractivity contribution in [3.8, 4) is 0 Å². The van der Waals surface area contributed by atoms with E-state index in [0.29, 0.717) is 26.2 Å². The third-order valence-corrected chi connectivity index (χ3v) is 4.90. The molecular weight excluding hydrogens is 399 g/mol. The first-order valence-electron chi connectivity index (χ1n) is 7.74. The van der Waals surface area contributed by atoms with Crippen LogP contribution in [0.1, 0.15) is 28.8 Å². The molecule has 2 aromatic carbocycles. The van der Waals surface area contributed by atoms with E-state index in [-0.39, 0.29) is 19.4 Å². The van der Waals surface area contributed by atoms with Gasteiger partial charge >= 0.3 is 0 Å². The average molecular weight is 412 g/mol. The predicted octanol–water partition coefficient (Wildman–Crippen LogP) is 4.35. The number of amides is 3. The first kappa shape index (κ1) is 18.7. The molecule has 26 heavy (non-hydrogen) atoms. The Morgan fingerprint density at radius 2 is 1.54 bits per heavy atom. The number of carbonyl (C=O) groups is 3. The molecule has 0 unspecified atom stereocenters. The van der Waals surface area contributed by atoms with Crippen molar-refractivity contribution in [3.63, 3.8) is 0 Å². The molecule has 0 aliphatic carbocycles. The molecule has 1 aliphatic heterocycles. The zero-order valence-corrected chi connectivity index (χ0v) is 15.7. The Balaban J connectivity index is 1.97. The second kappa shape index (κ2) is 7.66. The smallest absolute Gasteiger partial charge is 0.273 e. The highest BCUT2D eigenvalue weighted by atomic mass is 35.5. The Labute approximate surface area is 165 Å². The number of benzene rings is 2. The van der Waals surface area contributed by atoms with E-state index in [0.717, 1.165) is 10.0 Å². The summed E-state index contributed by atoms with van der Waals surface area (Å²) in [6.45, 7) is -0.00414. The molecule has 0 saturated carbocycles. The quantitative estimate of drug-likeness (QED) is 0.703. The summed E-state index contributed by atoms with van der Waals surface area (Å²) >= 11 is 17.8. The van der Waals surface area contributed by atoms with Crippen molar-refractivity contribution in [3.05, 3.63) is 68.7 Å². The van der Waals surface area contributed by atoms with E-state index in [9.17, 15) is 14.4 Å². The molecule has 0 N–H and O–H groups in total. The number of rotatable bonds is 4. The van der Waals surface area contributed by atoms with Crippen LogP contribution in [0.5, 0.6) is 0 Å². The lowest BCUT2D eigenvalue weighted by atomic mass is 10.2. The van der Waals surface area contributed by atoms with Crippen LogP contribution in [0.4, 0.5) is 0 Å². The monoisotopic (exact) mass is 410 g/mol. The Morgan fingerprint density at radius 1 is 0.923 bits per heavy atom. The maximum absolute atomic E-state index is 13.0. The highest BCUT2D eigenvalue weighted by molar-refractivity contribution is 6.42. The van der Waals surface area contributed by atoms with Gasteiger partial charge in [-0.3, -0.25) is 14.4 Å². The largest absolute Gasteiger partial charge is 0.273 e. The van der Waals surface area contributed by atoms with Crippen LogP contribution in [0.25, 0.3) is 0 Å². The Morgan fingerprint density at radius 3 is 2.12 bits per heavy atom. The lowest BCUT2D eigenvalue weighted by molar-refractivity contribution is -0.153. The van der Waals surface area contributed by atoms with Gasteiger partial charge in [0.25, 0.3) is 5.91 Å². The molecule has 0 bridgehead atoms. The second-order valence-corrected chi connectivity index (χ2v) is 6.97. The Bertz CT molecular complexity index is 868. The molecule has 1 heterocycles. The minimum absolute atomic E-state index is 0.00414. The SMILES string of the molecule is O=C(c1ccc(Cl)cc1)N(Cc1ccc(Cl)c(Cl)c1)N1C(=O)CCC1=O. The van der Waals surface area contributed by atoms with E-state index < -0.39 is 17.7 Å². The highest BCUT2D eigenvalue weighted by Gasteiger charge is 2.37. The normalized spacial score (nSPS) is 14.0. The summed E-state index contributed by atoms with van der Waals surface area (Å²) in [5.74, 6) is -1.33. The van der Waals surface area contributed by atoms with Crippen LogP contribution in [-0.4, -0.2) is 27.7 Å². The van der Waals surface area contributed by atoms with Crippen molar-refractivity contribution in [2.24, 2.45) is 0 Å². The standard InChI is InChI=1S/C18H13Cl3N2O3/c19-13-4-2-12(3-5-13)18(26)22(23-16(24)7-8-17(23)25)10-11-1-6-14(20)15(21)9-11/h1-6,9H,7-8,10H2. The van der Waals surface area contributed by atoms with Gasteiger partial charge in [-0.25, -0.2) is 5.01 Å². The zero-order valence-electron chi connectivity index (χ0n) is 13.4. The number of hydrogen-bond acceptors (Lipinski definition) is 3. The van der Waals surface area contributed by atoms with Crippen molar-refractivity contribution < 1.29 is 14.4 Å². The fraction of sp³-hybridized carbons (Fsp3) is 0.167. The van der Waals surface area contributed by atoms with Crippen LogP contribution in [-0.2, 0) is 16.1 Å². The van der Waals surface area contributed by atoms with Crippen molar-refractivity contribution in [1.29, 1.82) is 0 Å². The molecule has 134 valence electrons. The van der Waals surface area contributed by atoms with E-state index in [1.807, 2.05) is 0 Å². The van der Waals surface area contributed by atoms with Gasteiger partial charge in [0.2, 0.25) is 11.8 Å². The van der Waals surface area contributed by atoms with Crippen LogP contribution in [0.3, 0.4) is 0 Å². The van der Waals surface area contributed by atoms with Crippen molar-refractivity contribution >= 4 is 52.5 Å². The fourth-order valence-corrected chi connectivity index (χ4v) is 3.07. The van der Waals surface area contributed by atoms with Crippen molar-refractivity contribution in [1.82, 2.24) is 10.0 Å². The minimum Gasteiger partial charge on any atom is -0.273 e. The number of imide groups is 1. The summed E-state index contributed by atoms with van der Waals surface area (Å²) in [5.41, 5.74) is 0.941. The van der Waals surface area contributed by atoms with E-state index >= 15 is 0 Å². The van der Waals surface area contributed by atoms with Gasteiger partial charge in [-0.1, -0.05) is 40.9 Å². The van der Waals surface area contributed by atoms with Gasteiger partial charge in [-0.2, -0.15) is 5.01 Å². The molecule has 3 amide bonds. The fourth-order valence-electron chi connectivity index (χ4n) is 2.62. The third-order valence-electron chi connectivity index (χ3n) is 3.91. The summed E-state index contributed by atoms with van der Waals surface area (Å²) in [6.07, 6.45) is 0.148. The summed E-state index contributed by atoms with van der Waals surface area (Å²) in [6, 6.07) is 11.1. The summed E-state index contributed by atoms with van der Waals surface area (Å²) in [5, 5.41) is 3.20. The molecule has 0 atom stereocenters. The first-order chi connectivity index (χ1) is 12.4. The van der Waals surface area contributed by atoms with E-state index in [4.69, 9.17) is 34.8 Å². The van der Waals surface area contributed by atoms with Crippen LogP contribution in [0.2, 0.25) is 15.1 Å². The summed E-state index contributed by atoms with van der Waals surface area (Å²) in [7, 11) is 0. The number of hydrogen-bond donors (Lipinski definition) is 0. The van der Waals surface area contributed by atoms with Crippen molar-refractivity contribution in [2.75, 3.05) is 0 Å². The first-order valence-corrected chi connectivity index (χ1v) is 8.87. The number of carbonyl (C=O) groups excluding carboxylic acids is 3. The second-order valence-electron chi connectivity index (χ2n) is 5.72. The minimum atomic E-state index is -0.490. The summed E-state index contributed by atoms with van der Waals surface area (Å²) in [4.78, 5) is 37.3. The molecule has 3 rings (SSSR count). The molecule has 8 heteroatoms.